The fraction of sp³-hybridized carbons (Fsp3) is 0.750. The monoisotopic (exact) mass is 425 g/mol. The van der Waals surface area contributed by atoms with Crippen LogP contribution >= 0.6 is 0 Å². The Labute approximate surface area is 164 Å². The van der Waals surface area contributed by atoms with E-state index in [0.717, 1.165) is 16.0 Å². The van der Waals surface area contributed by atoms with Crippen molar-refractivity contribution in [3.63, 3.8) is 0 Å². The summed E-state index contributed by atoms with van der Waals surface area (Å²) in [5.74, 6) is -3.85. The molecule has 0 aliphatic carbocycles. The number of carbonyl (C=O) groups is 1. The molecule has 0 spiro atoms. The predicted octanol–water partition coefficient (Wildman–Crippen LogP) is 3.44. The Morgan fingerprint density at radius 3 is 2.59 bits per heavy atom. The van der Waals surface area contributed by atoms with Crippen molar-refractivity contribution in [3.05, 3.63) is 16.3 Å². The topological polar surface area (TPSA) is 105 Å². The molecular weight excluding hydrogens is 402 g/mol. The van der Waals surface area contributed by atoms with E-state index in [0.29, 0.717) is 4.68 Å². The van der Waals surface area contributed by atoms with Gasteiger partial charge in [0.1, 0.15) is 12.7 Å². The summed E-state index contributed by atoms with van der Waals surface area (Å²) in [5.41, 5.74) is -1.61. The van der Waals surface area contributed by atoms with Gasteiger partial charge < -0.3 is 14.9 Å². The first-order valence-electron chi connectivity index (χ1n) is 8.86. The van der Waals surface area contributed by atoms with Crippen LogP contribution in [0.3, 0.4) is 0 Å². The highest BCUT2D eigenvalue weighted by atomic mass is 19.3. The number of amides is 1. The summed E-state index contributed by atoms with van der Waals surface area (Å²) in [4.78, 5) is 24.0. The molecule has 1 aromatic heterocycles. The summed E-state index contributed by atoms with van der Waals surface area (Å²) in [7, 11) is 0. The van der Waals surface area contributed by atoms with Gasteiger partial charge in [0.05, 0.1) is 11.5 Å². The number of hydrogen-bond donors (Lipinski definition) is 1. The van der Waals surface area contributed by atoms with Gasteiger partial charge in [0.15, 0.2) is 0 Å². The number of halogens is 4. The quantitative estimate of drug-likeness (QED) is 0.440. The van der Waals surface area contributed by atoms with Crippen LogP contribution in [0, 0.1) is 10.1 Å². The largest absolute Gasteiger partial charge is 0.465 e. The van der Waals surface area contributed by atoms with E-state index in [4.69, 9.17) is 0 Å². The number of nitrogens with zero attached hydrogens (tertiary/aromatic N) is 5. The summed E-state index contributed by atoms with van der Waals surface area (Å²) < 4.78 is 55.7. The minimum absolute atomic E-state index is 0.0594. The minimum Gasteiger partial charge on any atom is -0.465 e. The summed E-state index contributed by atoms with van der Waals surface area (Å²) in [6.45, 7) is 2.57. The maximum atomic E-state index is 14.7. The van der Waals surface area contributed by atoms with Gasteiger partial charge in [0, 0.05) is 24.5 Å². The number of anilines is 1. The standard InChI is InChI=1S/C16H23F4N5O4/c1-15(2,3)24(14(26)27)10-4-5-22(9-16(19,20)6-10)13-11(25(28)29)7-21-23(13)8-12(17)18/h7,10,12H,4-6,8-9H2,1-3H3,(H,26,27). The second-order valence-electron chi connectivity index (χ2n) is 7.93. The van der Waals surface area contributed by atoms with Crippen molar-refractivity contribution in [1.29, 1.82) is 0 Å². The van der Waals surface area contributed by atoms with Crippen LogP contribution in [0.25, 0.3) is 0 Å². The number of aromatic nitrogens is 2. The molecule has 1 amide bonds. The third-order valence-electron chi connectivity index (χ3n) is 4.58. The first-order chi connectivity index (χ1) is 13.2. The molecule has 164 valence electrons. The van der Waals surface area contributed by atoms with Crippen LogP contribution < -0.4 is 4.90 Å². The van der Waals surface area contributed by atoms with Crippen molar-refractivity contribution in [2.75, 3.05) is 18.0 Å². The Balaban J connectivity index is 2.42. The second-order valence-corrected chi connectivity index (χ2v) is 7.93. The van der Waals surface area contributed by atoms with Gasteiger partial charge in [0.2, 0.25) is 5.82 Å². The van der Waals surface area contributed by atoms with E-state index in [9.17, 15) is 37.6 Å². The van der Waals surface area contributed by atoms with Crippen LogP contribution in [0.2, 0.25) is 0 Å². The summed E-state index contributed by atoms with van der Waals surface area (Å²) in [6.07, 6.45) is -4.35. The number of alkyl halides is 4. The molecule has 0 bridgehead atoms. The molecule has 1 unspecified atom stereocenters. The highest BCUT2D eigenvalue weighted by Crippen LogP contribution is 2.37. The smallest absolute Gasteiger partial charge is 0.407 e. The number of hydrogen-bond acceptors (Lipinski definition) is 5. The maximum Gasteiger partial charge on any atom is 0.407 e. The Bertz CT molecular complexity index is 765. The third-order valence-corrected chi connectivity index (χ3v) is 4.58. The van der Waals surface area contributed by atoms with Gasteiger partial charge in [-0.3, -0.25) is 10.1 Å². The van der Waals surface area contributed by atoms with E-state index in [1.54, 1.807) is 20.8 Å². The van der Waals surface area contributed by atoms with Gasteiger partial charge in [-0.05, 0) is 27.2 Å². The van der Waals surface area contributed by atoms with Gasteiger partial charge in [-0.15, -0.1) is 0 Å². The van der Waals surface area contributed by atoms with E-state index in [-0.39, 0.29) is 13.0 Å². The van der Waals surface area contributed by atoms with Crippen LogP contribution in [-0.4, -0.2) is 67.8 Å². The van der Waals surface area contributed by atoms with E-state index >= 15 is 0 Å². The van der Waals surface area contributed by atoms with Crippen molar-refractivity contribution < 1.29 is 32.4 Å². The zero-order chi connectivity index (χ0) is 22.1. The molecule has 0 radical (unpaired) electrons. The van der Waals surface area contributed by atoms with Crippen LogP contribution in [-0.2, 0) is 6.54 Å². The normalized spacial score (nSPS) is 19.9. The molecule has 0 aromatic carbocycles. The molecule has 9 nitrogen and oxygen atoms in total. The molecule has 1 atom stereocenters. The molecule has 29 heavy (non-hydrogen) atoms. The molecule has 13 heteroatoms. The Kier molecular flexibility index (Phi) is 6.28. The van der Waals surface area contributed by atoms with E-state index < -0.39 is 66.0 Å². The van der Waals surface area contributed by atoms with Gasteiger partial charge in [-0.25, -0.2) is 27.0 Å². The van der Waals surface area contributed by atoms with Crippen LogP contribution in [0.4, 0.5) is 33.9 Å². The van der Waals surface area contributed by atoms with E-state index in [2.05, 4.69) is 5.10 Å². The molecule has 0 saturated carbocycles. The van der Waals surface area contributed by atoms with Crippen LogP contribution in [0.1, 0.15) is 33.6 Å². The number of carboxylic acid groups (broad SMARTS) is 1. The molecule has 1 aliphatic heterocycles. The van der Waals surface area contributed by atoms with E-state index in [1.165, 1.54) is 0 Å². The predicted molar refractivity (Wildman–Crippen MR) is 94.7 cm³/mol. The highest BCUT2D eigenvalue weighted by Gasteiger charge is 2.45. The molecule has 1 fully saturated rings. The summed E-state index contributed by atoms with van der Waals surface area (Å²) in [5, 5.41) is 24.3. The first kappa shape index (κ1) is 22.7. The average Bonchev–Trinajstić information content (AvgIpc) is 2.84. The zero-order valence-corrected chi connectivity index (χ0v) is 16.2. The third kappa shape index (κ3) is 5.26. The maximum absolute atomic E-state index is 14.7. The lowest BCUT2D eigenvalue weighted by Crippen LogP contribution is -2.52. The highest BCUT2D eigenvalue weighted by molar-refractivity contribution is 5.66. The molecular formula is C16H23F4N5O4. The molecule has 1 aromatic rings. The fourth-order valence-corrected chi connectivity index (χ4v) is 3.65. The van der Waals surface area contributed by atoms with Crippen molar-refractivity contribution in [1.82, 2.24) is 14.7 Å². The summed E-state index contributed by atoms with van der Waals surface area (Å²) >= 11 is 0. The van der Waals surface area contributed by atoms with Crippen LogP contribution in [0.5, 0.6) is 0 Å². The fourth-order valence-electron chi connectivity index (χ4n) is 3.65. The number of rotatable bonds is 5. The lowest BCUT2D eigenvalue weighted by Gasteiger charge is -2.39. The Hall–Kier alpha value is -2.60. The molecule has 1 aliphatic rings. The minimum atomic E-state index is -3.41. The lowest BCUT2D eigenvalue weighted by molar-refractivity contribution is -0.384. The van der Waals surface area contributed by atoms with Gasteiger partial charge in [-0.1, -0.05) is 0 Å². The van der Waals surface area contributed by atoms with Crippen molar-refractivity contribution in [2.45, 2.75) is 64.1 Å². The van der Waals surface area contributed by atoms with Crippen molar-refractivity contribution in [2.24, 2.45) is 0 Å². The zero-order valence-electron chi connectivity index (χ0n) is 16.2. The lowest BCUT2D eigenvalue weighted by atomic mass is 9.98. The first-order valence-corrected chi connectivity index (χ1v) is 8.86. The average molecular weight is 425 g/mol. The van der Waals surface area contributed by atoms with Gasteiger partial charge in [-0.2, -0.15) is 5.10 Å². The molecule has 2 rings (SSSR count). The van der Waals surface area contributed by atoms with Gasteiger partial charge >= 0.3 is 11.8 Å². The SMILES string of the molecule is CC(C)(C)N(C(=O)O)C1CCN(c2c([N+](=O)[O-])cnn2CC(F)F)CC(F)(F)C1. The second kappa shape index (κ2) is 8.03. The number of nitro groups is 1. The Morgan fingerprint density at radius 1 is 1.48 bits per heavy atom. The van der Waals surface area contributed by atoms with Gasteiger partial charge in [0.25, 0.3) is 12.3 Å². The molecule has 1 saturated heterocycles. The van der Waals surface area contributed by atoms with E-state index in [1.807, 2.05) is 0 Å². The molecule has 2 heterocycles. The van der Waals surface area contributed by atoms with Crippen molar-refractivity contribution in [3.8, 4) is 0 Å². The summed E-state index contributed by atoms with van der Waals surface area (Å²) in [6, 6.07) is -1.06. The van der Waals surface area contributed by atoms with Crippen molar-refractivity contribution >= 4 is 17.6 Å². The molecule has 1 N–H and O–H groups in total. The Morgan fingerprint density at radius 2 is 2.10 bits per heavy atom. The van der Waals surface area contributed by atoms with Crippen LogP contribution in [0.15, 0.2) is 6.20 Å².